The number of carbonyl (C=O) groups excluding carboxylic acids is 1. The van der Waals surface area contributed by atoms with Crippen molar-refractivity contribution in [2.45, 2.75) is 23.6 Å². The maximum Gasteiger partial charge on any atom is 0.307 e. The first-order valence-corrected chi connectivity index (χ1v) is 5.87. The molecule has 1 unspecified atom stereocenters. The molecule has 4 nitrogen and oxygen atoms in total. The molecule has 2 aliphatic heterocycles. The molecule has 0 fully saturated rings. The van der Waals surface area contributed by atoms with E-state index in [2.05, 4.69) is 15.0 Å². The molecule has 2 aliphatic rings. The number of carbonyl (C=O) groups is 1. The molecule has 7 heteroatoms. The van der Waals surface area contributed by atoms with E-state index in [4.69, 9.17) is 23.2 Å². The predicted molar refractivity (Wildman–Crippen MR) is 64.5 cm³/mol. The summed E-state index contributed by atoms with van der Waals surface area (Å²) in [7, 11) is 0. The molecule has 15 heavy (non-hydrogen) atoms. The van der Waals surface area contributed by atoms with Crippen LogP contribution in [0.15, 0.2) is 15.0 Å². The number of fused-ring (bicyclic) bond motifs is 1. The van der Waals surface area contributed by atoms with Crippen molar-refractivity contribution in [1.82, 2.24) is 0 Å². The maximum atomic E-state index is 11.3. The van der Waals surface area contributed by atoms with E-state index in [-0.39, 0.29) is 5.25 Å². The van der Waals surface area contributed by atoms with Crippen LogP contribution in [0.25, 0.3) is 0 Å². The summed E-state index contributed by atoms with van der Waals surface area (Å²) in [5.41, 5.74) is 0.905. The summed E-state index contributed by atoms with van der Waals surface area (Å²) in [4.78, 5) is 23.1. The highest BCUT2D eigenvalue weighted by molar-refractivity contribution is 8.17. The fourth-order valence-corrected chi connectivity index (χ4v) is 2.40. The molecule has 0 saturated heterocycles. The zero-order valence-corrected chi connectivity index (χ0v) is 10.3. The molecule has 0 saturated carbocycles. The van der Waals surface area contributed by atoms with Gasteiger partial charge in [-0.3, -0.25) is 4.79 Å². The number of alkyl halides is 2. The monoisotopic (exact) mass is 263 g/mol. The van der Waals surface area contributed by atoms with Crippen LogP contribution in [0.5, 0.6) is 0 Å². The lowest BCUT2D eigenvalue weighted by Gasteiger charge is -2.24. The van der Waals surface area contributed by atoms with Gasteiger partial charge in [0.05, 0.1) is 0 Å². The normalized spacial score (nSPS) is 28.9. The number of halogens is 2. The zero-order valence-electron chi connectivity index (χ0n) is 7.99. The van der Waals surface area contributed by atoms with Crippen LogP contribution >= 0.6 is 35.0 Å². The van der Waals surface area contributed by atoms with Crippen molar-refractivity contribution in [2.75, 3.05) is 0 Å². The van der Waals surface area contributed by atoms with E-state index in [1.54, 1.807) is 0 Å². The molecule has 2 heterocycles. The van der Waals surface area contributed by atoms with Gasteiger partial charge in [-0.15, -0.1) is 0 Å². The average molecular weight is 264 g/mol. The topological polar surface area (TPSA) is 54.1 Å². The van der Waals surface area contributed by atoms with Crippen LogP contribution in [0.4, 0.5) is 0 Å². The van der Waals surface area contributed by atoms with Gasteiger partial charge in [0, 0.05) is 11.0 Å². The van der Waals surface area contributed by atoms with Gasteiger partial charge >= 0.3 is 5.91 Å². The molecular weight excluding hydrogens is 257 g/mol. The predicted octanol–water partition coefficient (Wildman–Crippen LogP) is 2.05. The number of thioether (sulfide) groups is 1. The minimum absolute atomic E-state index is 0.194. The molecule has 0 aromatic rings. The van der Waals surface area contributed by atoms with Crippen LogP contribution in [-0.2, 0) is 4.79 Å². The van der Waals surface area contributed by atoms with E-state index in [1.165, 1.54) is 11.8 Å². The quantitative estimate of drug-likeness (QED) is 0.496. The molecule has 0 N–H and O–H groups in total. The summed E-state index contributed by atoms with van der Waals surface area (Å²) in [6, 6.07) is 0. The van der Waals surface area contributed by atoms with Gasteiger partial charge in [0.15, 0.2) is 5.84 Å². The third-order valence-electron chi connectivity index (χ3n) is 2.06. The Hall–Kier alpha value is -0.390. The van der Waals surface area contributed by atoms with Gasteiger partial charge in [0.25, 0.3) is 4.46 Å². The van der Waals surface area contributed by atoms with Gasteiger partial charge in [-0.2, -0.15) is 4.99 Å². The Labute approximate surface area is 101 Å². The fraction of sp³-hybridized carbons (Fsp3) is 0.500. The molecule has 2 rings (SSSR count). The van der Waals surface area contributed by atoms with Gasteiger partial charge in [-0.1, -0.05) is 35.0 Å². The summed E-state index contributed by atoms with van der Waals surface area (Å²) < 4.78 is -1.79. The third-order valence-corrected chi connectivity index (χ3v) is 3.74. The number of amidine groups is 1. The highest BCUT2D eigenvalue weighted by Crippen LogP contribution is 2.33. The summed E-state index contributed by atoms with van der Waals surface area (Å²) in [5.74, 6) is -0.367. The largest absolute Gasteiger partial charge is 0.307 e. The Morgan fingerprint density at radius 2 is 2.07 bits per heavy atom. The van der Waals surface area contributed by atoms with Crippen molar-refractivity contribution >= 4 is 57.5 Å². The molecule has 0 aromatic carbocycles. The molecule has 0 spiro atoms. The second-order valence-corrected chi connectivity index (χ2v) is 5.83. The van der Waals surface area contributed by atoms with E-state index >= 15 is 0 Å². The second-order valence-electron chi connectivity index (χ2n) is 3.21. The van der Waals surface area contributed by atoms with Gasteiger partial charge < -0.3 is 0 Å². The molecule has 0 bridgehead atoms. The summed E-state index contributed by atoms with van der Waals surface area (Å²) in [6.07, 6.45) is 0. The SMILES string of the molecule is CC1=NC2=NC(=O)C(Cl)(Cl)N=C2SC1C. The summed E-state index contributed by atoms with van der Waals surface area (Å²) in [6.45, 7) is 3.87. The van der Waals surface area contributed by atoms with Crippen molar-refractivity contribution in [1.29, 1.82) is 0 Å². The highest BCUT2D eigenvalue weighted by atomic mass is 35.5. The van der Waals surface area contributed by atoms with Gasteiger partial charge in [-0.25, -0.2) is 9.98 Å². The first kappa shape index (κ1) is 11.1. The lowest BCUT2D eigenvalue weighted by Crippen LogP contribution is -2.35. The Bertz CT molecular complexity index is 428. The number of aliphatic imine (C=N–C) groups is 3. The van der Waals surface area contributed by atoms with Crippen molar-refractivity contribution in [3.8, 4) is 0 Å². The first-order chi connectivity index (χ1) is 6.90. The van der Waals surface area contributed by atoms with Crippen LogP contribution in [0.1, 0.15) is 13.8 Å². The molecule has 1 amide bonds. The van der Waals surface area contributed by atoms with Gasteiger partial charge in [-0.05, 0) is 13.8 Å². The van der Waals surface area contributed by atoms with Crippen molar-refractivity contribution in [3.63, 3.8) is 0 Å². The van der Waals surface area contributed by atoms with Gasteiger partial charge in [0.2, 0.25) is 0 Å². The van der Waals surface area contributed by atoms with Crippen LogP contribution in [0, 0.1) is 0 Å². The molecule has 0 radical (unpaired) electrons. The van der Waals surface area contributed by atoms with E-state index in [9.17, 15) is 4.79 Å². The minimum atomic E-state index is -1.79. The first-order valence-electron chi connectivity index (χ1n) is 4.23. The molecule has 1 atom stereocenters. The van der Waals surface area contributed by atoms with E-state index in [1.807, 2.05) is 13.8 Å². The number of rotatable bonds is 0. The van der Waals surface area contributed by atoms with E-state index in [0.29, 0.717) is 10.9 Å². The number of amides is 1. The number of nitrogens with zero attached hydrogens (tertiary/aromatic N) is 3. The second kappa shape index (κ2) is 3.57. The van der Waals surface area contributed by atoms with E-state index < -0.39 is 10.4 Å². The third kappa shape index (κ3) is 1.96. The number of hydrogen-bond donors (Lipinski definition) is 0. The lowest BCUT2D eigenvalue weighted by molar-refractivity contribution is -0.118. The molecule has 0 aliphatic carbocycles. The van der Waals surface area contributed by atoms with Gasteiger partial charge in [0.1, 0.15) is 5.04 Å². The zero-order chi connectivity index (χ0) is 11.2. The van der Waals surface area contributed by atoms with Crippen LogP contribution in [-0.4, -0.2) is 32.2 Å². The van der Waals surface area contributed by atoms with E-state index in [0.717, 1.165) is 5.71 Å². The van der Waals surface area contributed by atoms with Crippen LogP contribution in [0.2, 0.25) is 0 Å². The summed E-state index contributed by atoms with van der Waals surface area (Å²) >= 11 is 12.8. The van der Waals surface area contributed by atoms with Crippen molar-refractivity contribution in [2.24, 2.45) is 15.0 Å². The smallest absolute Gasteiger partial charge is 0.267 e. The fourth-order valence-electron chi connectivity index (χ4n) is 1.10. The Kier molecular flexibility index (Phi) is 2.65. The highest BCUT2D eigenvalue weighted by Gasteiger charge is 2.40. The Morgan fingerprint density at radius 3 is 2.73 bits per heavy atom. The number of hydrogen-bond acceptors (Lipinski definition) is 4. The van der Waals surface area contributed by atoms with Crippen LogP contribution < -0.4 is 0 Å². The molecule has 80 valence electrons. The standard InChI is InChI=1S/C8H7Cl2N3OS/c1-3-4(2)15-6-5(11-3)12-7(14)8(9,10)13-6/h4H,1-2H3. The average Bonchev–Trinajstić information content (AvgIpc) is 2.11. The summed E-state index contributed by atoms with van der Waals surface area (Å²) in [5, 5.41) is 0.720. The lowest BCUT2D eigenvalue weighted by atomic mass is 10.3. The Morgan fingerprint density at radius 1 is 1.40 bits per heavy atom. The molecule has 0 aromatic heterocycles. The van der Waals surface area contributed by atoms with Crippen molar-refractivity contribution in [3.05, 3.63) is 0 Å². The van der Waals surface area contributed by atoms with Crippen molar-refractivity contribution < 1.29 is 4.79 Å². The molecular formula is C8H7Cl2N3OS. The minimum Gasteiger partial charge on any atom is -0.267 e. The van der Waals surface area contributed by atoms with Crippen LogP contribution in [0.3, 0.4) is 0 Å². The maximum absolute atomic E-state index is 11.3. The Balaban J connectivity index is 2.47.